The Kier molecular flexibility index (Phi) is 11.0. The van der Waals surface area contributed by atoms with Crippen molar-refractivity contribution in [3.05, 3.63) is 122 Å². The summed E-state index contributed by atoms with van der Waals surface area (Å²) in [7, 11) is 0. The van der Waals surface area contributed by atoms with Crippen molar-refractivity contribution >= 4 is 40.5 Å². The first kappa shape index (κ1) is 41.1. The van der Waals surface area contributed by atoms with Gasteiger partial charge in [-0.25, -0.2) is 15.0 Å². The Bertz CT molecular complexity index is 2700. The fourth-order valence-electron chi connectivity index (χ4n) is 9.98. The molecule has 4 aliphatic rings. The van der Waals surface area contributed by atoms with Crippen LogP contribution >= 0.6 is 22.9 Å². The number of thiophene rings is 1. The summed E-state index contributed by atoms with van der Waals surface area (Å²) in [4.78, 5) is 40.6. The second-order valence-corrected chi connectivity index (χ2v) is 19.2. The third kappa shape index (κ3) is 8.22. The predicted molar refractivity (Wildman–Crippen MR) is 239 cm³/mol. The first-order valence-corrected chi connectivity index (χ1v) is 23.0. The number of nitriles is 1. The maximum atomic E-state index is 13.1. The number of aryl methyl sites for hydroxylation is 2. The number of amides is 1. The van der Waals surface area contributed by atoms with Crippen LogP contribution in [-0.2, 0) is 12.8 Å². The molecule has 1 N–H and O–H groups in total. The second kappa shape index (κ2) is 17.0. The number of oxazole rings is 1. The lowest BCUT2D eigenvalue weighted by molar-refractivity contribution is 0.0280. The zero-order chi connectivity index (χ0) is 43.2. The van der Waals surface area contributed by atoms with Crippen molar-refractivity contribution in [1.29, 1.82) is 5.26 Å². The summed E-state index contributed by atoms with van der Waals surface area (Å²) in [5.74, 6) is 4.03. The summed E-state index contributed by atoms with van der Waals surface area (Å²) in [6.07, 6.45) is 18.0. The predicted octanol–water partition coefficient (Wildman–Crippen LogP) is 8.45. The highest BCUT2D eigenvalue weighted by Crippen LogP contribution is 2.53. The van der Waals surface area contributed by atoms with E-state index < -0.39 is 0 Å². The molecule has 2 aliphatic carbocycles. The molecular weight excluding hydrogens is 834 g/mol. The van der Waals surface area contributed by atoms with E-state index in [1.807, 2.05) is 13.1 Å². The number of rotatable bonds is 10. The molecule has 6 aromatic rings. The number of aliphatic imine (C=N–C) groups is 1. The Morgan fingerprint density at radius 2 is 1.79 bits per heavy atom. The SMILES string of the molecule is Cc1sc2c(c1C)C(c1ccc(CC3CC4(CCN(c5ncc(C(=O)N[C@H]6CC[C@H](Oc7ccc(C#N)c(Cl)c7)CC6)cn5)CC4)C3)cn1)=N[C@@H](Cc1ncco1)c1nnc(C)n1-2. The number of pyridine rings is 1. The van der Waals surface area contributed by atoms with Crippen LogP contribution in [0.5, 0.6) is 5.75 Å². The molecule has 10 rings (SSSR count). The molecule has 0 radical (unpaired) electrons. The fraction of sp³-hybridized carbons (Fsp3) is 0.426. The van der Waals surface area contributed by atoms with Crippen LogP contribution in [0.4, 0.5) is 5.95 Å². The third-order valence-corrected chi connectivity index (χ3v) is 15.0. The molecule has 3 fully saturated rings. The molecule has 7 heterocycles. The number of nitrogens with zero attached hydrogens (tertiary/aromatic N) is 10. The maximum Gasteiger partial charge on any atom is 0.254 e. The lowest BCUT2D eigenvalue weighted by atomic mass is 9.56. The minimum Gasteiger partial charge on any atom is -0.490 e. The number of nitrogens with one attached hydrogen (secondary N) is 1. The molecule has 5 aromatic heterocycles. The number of aromatic nitrogens is 7. The first-order valence-electron chi connectivity index (χ1n) is 21.8. The molecule has 14 nitrogen and oxygen atoms in total. The minimum atomic E-state index is -0.330. The molecular formula is C47H48ClN11O3S. The van der Waals surface area contributed by atoms with Gasteiger partial charge in [0.1, 0.15) is 34.9 Å². The number of ether oxygens (including phenoxy) is 1. The molecule has 2 aliphatic heterocycles. The van der Waals surface area contributed by atoms with E-state index in [1.54, 1.807) is 54.4 Å². The Morgan fingerprint density at radius 1 is 1.00 bits per heavy atom. The maximum absolute atomic E-state index is 13.1. The first-order chi connectivity index (χ1) is 30.6. The fourth-order valence-corrected chi connectivity index (χ4v) is 11.4. The average molecular weight is 882 g/mol. The molecule has 1 aromatic carbocycles. The highest BCUT2D eigenvalue weighted by Gasteiger charge is 2.46. The molecule has 1 saturated heterocycles. The second-order valence-electron chi connectivity index (χ2n) is 17.6. The van der Waals surface area contributed by atoms with E-state index in [1.165, 1.54) is 28.8 Å². The summed E-state index contributed by atoms with van der Waals surface area (Å²) >= 11 is 7.91. The molecule has 16 heteroatoms. The lowest BCUT2D eigenvalue weighted by Gasteiger charge is -2.52. The van der Waals surface area contributed by atoms with Gasteiger partial charge in [-0.15, -0.1) is 21.5 Å². The Labute approximate surface area is 374 Å². The standard InChI is InChI=1S/C47H48ClN11O3S/c1-27-28(2)63-45-41(27)42(55-39(20-40-50-14-17-61-40)43-57-56-29(3)59(43)45)38-11-4-30(24-51-38)18-31-21-47(22-31)12-15-58(16-13-47)46-52-25-33(26-53-46)44(60)54-34-6-9-35(10-7-34)62-36-8-5-32(23-49)37(48)19-36/h4-5,8,11,14,17,19,24-26,31,34-35,39H,6-7,9-10,12-13,15-16,18,20-22H2,1-3H3,(H,54,60)/t34-,35-,39-/m0/s1. The highest BCUT2D eigenvalue weighted by atomic mass is 35.5. The molecule has 0 unspecified atom stereocenters. The van der Waals surface area contributed by atoms with Crippen molar-refractivity contribution < 1.29 is 13.9 Å². The van der Waals surface area contributed by atoms with Crippen LogP contribution in [0, 0.1) is 43.4 Å². The van der Waals surface area contributed by atoms with Crippen molar-refractivity contribution in [2.45, 2.75) is 103 Å². The number of anilines is 1. The Morgan fingerprint density at radius 3 is 2.49 bits per heavy atom. The van der Waals surface area contributed by atoms with E-state index in [2.05, 4.69) is 72.0 Å². The number of piperidine rings is 1. The Hall–Kier alpha value is -5.98. The molecule has 1 atom stereocenters. The number of carbonyl (C=O) groups is 1. The normalized spacial score (nSPS) is 20.5. The van der Waals surface area contributed by atoms with Gasteiger partial charge in [0.15, 0.2) is 11.7 Å². The van der Waals surface area contributed by atoms with Crippen molar-refractivity contribution in [3.8, 4) is 16.8 Å². The zero-order valence-corrected chi connectivity index (χ0v) is 37.1. The largest absolute Gasteiger partial charge is 0.490 e. The summed E-state index contributed by atoms with van der Waals surface area (Å²) in [6, 6.07) is 11.3. The van der Waals surface area contributed by atoms with Gasteiger partial charge in [0.25, 0.3) is 5.91 Å². The van der Waals surface area contributed by atoms with Crippen molar-refractivity contribution in [3.63, 3.8) is 0 Å². The van der Waals surface area contributed by atoms with Crippen LogP contribution in [0.2, 0.25) is 5.02 Å². The van der Waals surface area contributed by atoms with Crippen LogP contribution in [0.1, 0.15) is 118 Å². The Balaban J connectivity index is 0.712. The quantitative estimate of drug-likeness (QED) is 0.140. The van der Waals surface area contributed by atoms with Crippen LogP contribution < -0.4 is 15.0 Å². The summed E-state index contributed by atoms with van der Waals surface area (Å²) < 4.78 is 13.9. The molecule has 1 amide bonds. The number of hydrogen-bond acceptors (Lipinski definition) is 13. The summed E-state index contributed by atoms with van der Waals surface area (Å²) in [5, 5.41) is 22.8. The van der Waals surface area contributed by atoms with Gasteiger partial charge in [-0.05, 0) is 119 Å². The van der Waals surface area contributed by atoms with Gasteiger partial charge in [-0.2, -0.15) is 5.26 Å². The molecule has 0 bridgehead atoms. The number of carbonyl (C=O) groups excluding carboxylic acids is 1. The van der Waals surface area contributed by atoms with E-state index in [0.29, 0.717) is 51.5 Å². The third-order valence-electron chi connectivity index (χ3n) is 13.5. The monoisotopic (exact) mass is 881 g/mol. The lowest BCUT2D eigenvalue weighted by Crippen LogP contribution is -2.48. The van der Waals surface area contributed by atoms with E-state index in [-0.39, 0.29) is 24.1 Å². The highest BCUT2D eigenvalue weighted by molar-refractivity contribution is 7.15. The van der Waals surface area contributed by atoms with Gasteiger partial charge in [0, 0.05) is 54.2 Å². The minimum absolute atomic E-state index is 0.0369. The van der Waals surface area contributed by atoms with E-state index in [4.69, 9.17) is 36.0 Å². The molecule has 1 spiro atoms. The van der Waals surface area contributed by atoms with Gasteiger partial charge < -0.3 is 19.4 Å². The van der Waals surface area contributed by atoms with Gasteiger partial charge >= 0.3 is 0 Å². The number of halogens is 1. The van der Waals surface area contributed by atoms with Gasteiger partial charge in [-0.1, -0.05) is 17.7 Å². The van der Waals surface area contributed by atoms with E-state index in [0.717, 1.165) is 91.7 Å². The smallest absolute Gasteiger partial charge is 0.254 e. The molecule has 2 saturated carbocycles. The number of fused-ring (bicyclic) bond motifs is 3. The van der Waals surface area contributed by atoms with Crippen molar-refractivity contribution in [2.75, 3.05) is 18.0 Å². The number of hydrogen-bond donors (Lipinski definition) is 1. The summed E-state index contributed by atoms with van der Waals surface area (Å²) in [6.45, 7) is 8.12. The van der Waals surface area contributed by atoms with Gasteiger partial charge in [0.05, 0.1) is 46.3 Å². The summed E-state index contributed by atoms with van der Waals surface area (Å²) in [5.41, 5.74) is 6.50. The van der Waals surface area contributed by atoms with Crippen molar-refractivity contribution in [1.82, 2.24) is 40.0 Å². The van der Waals surface area contributed by atoms with E-state index in [9.17, 15) is 4.79 Å². The molecule has 322 valence electrons. The van der Waals surface area contributed by atoms with Crippen LogP contribution in [0.25, 0.3) is 5.00 Å². The van der Waals surface area contributed by atoms with Gasteiger partial charge in [-0.3, -0.25) is 19.3 Å². The van der Waals surface area contributed by atoms with E-state index >= 15 is 0 Å². The average Bonchev–Trinajstić information content (AvgIpc) is 3.99. The zero-order valence-electron chi connectivity index (χ0n) is 35.6. The number of benzene rings is 1. The van der Waals surface area contributed by atoms with Crippen LogP contribution in [0.15, 0.2) is 70.8 Å². The van der Waals surface area contributed by atoms with Crippen LogP contribution in [0.3, 0.4) is 0 Å². The topological polar surface area (TPSA) is 173 Å². The van der Waals surface area contributed by atoms with Crippen molar-refractivity contribution in [2.24, 2.45) is 16.3 Å². The van der Waals surface area contributed by atoms with Crippen LogP contribution in [-0.4, -0.2) is 71.6 Å². The molecule has 63 heavy (non-hydrogen) atoms. The van der Waals surface area contributed by atoms with Gasteiger partial charge in [0.2, 0.25) is 5.95 Å².